The summed E-state index contributed by atoms with van der Waals surface area (Å²) in [6, 6.07) is 7.47. The molecule has 0 saturated carbocycles. The first-order valence-corrected chi connectivity index (χ1v) is 9.01. The third-order valence-corrected chi connectivity index (χ3v) is 4.72. The Labute approximate surface area is 162 Å². The zero-order valence-electron chi connectivity index (χ0n) is 16.3. The molecule has 8 heteroatoms. The number of H-pyrrole nitrogens is 1. The minimum atomic E-state index is -0.443. The van der Waals surface area contributed by atoms with Gasteiger partial charge in [0.2, 0.25) is 0 Å². The Morgan fingerprint density at radius 1 is 1.29 bits per heavy atom. The molecule has 0 fully saturated rings. The van der Waals surface area contributed by atoms with Gasteiger partial charge in [0.1, 0.15) is 18.3 Å². The molecule has 2 heterocycles. The maximum absolute atomic E-state index is 12.8. The van der Waals surface area contributed by atoms with Crippen LogP contribution >= 0.6 is 0 Å². The number of ether oxygens (including phenoxy) is 1. The van der Waals surface area contributed by atoms with Gasteiger partial charge in [0.15, 0.2) is 0 Å². The molecule has 1 atom stereocenters. The fourth-order valence-corrected chi connectivity index (χ4v) is 3.14. The largest absolute Gasteiger partial charge is 0.465 e. The minimum Gasteiger partial charge on any atom is -0.465 e. The van der Waals surface area contributed by atoms with Crippen LogP contribution in [-0.4, -0.2) is 38.7 Å². The van der Waals surface area contributed by atoms with Gasteiger partial charge in [-0.2, -0.15) is 5.10 Å². The highest BCUT2D eigenvalue weighted by Crippen LogP contribution is 2.22. The number of nitrogens with one attached hydrogen (secondary N) is 2. The van der Waals surface area contributed by atoms with Gasteiger partial charge in [0.25, 0.3) is 5.91 Å². The minimum absolute atomic E-state index is 0.216. The molecule has 0 saturated heterocycles. The summed E-state index contributed by atoms with van der Waals surface area (Å²) < 4.78 is 6.51. The van der Waals surface area contributed by atoms with Crippen LogP contribution in [0.5, 0.6) is 0 Å². The van der Waals surface area contributed by atoms with Crippen molar-refractivity contribution in [3.63, 3.8) is 0 Å². The number of carbonyl (C=O) groups excluding carboxylic acids is 2. The number of aryl methyl sites for hydroxylation is 1. The summed E-state index contributed by atoms with van der Waals surface area (Å²) in [5, 5.41) is 7.06. The molecule has 3 aromatic rings. The molecular formula is C20H23N5O3. The molecule has 1 amide bonds. The quantitative estimate of drug-likeness (QED) is 0.639. The second kappa shape index (κ2) is 8.08. The van der Waals surface area contributed by atoms with Crippen molar-refractivity contribution in [3.8, 4) is 5.69 Å². The van der Waals surface area contributed by atoms with Crippen molar-refractivity contribution in [2.24, 2.45) is 0 Å². The van der Waals surface area contributed by atoms with E-state index in [9.17, 15) is 9.59 Å². The third-order valence-electron chi connectivity index (χ3n) is 4.72. The van der Waals surface area contributed by atoms with E-state index in [4.69, 9.17) is 4.74 Å². The van der Waals surface area contributed by atoms with E-state index in [1.165, 1.54) is 13.4 Å². The number of amides is 1. The molecule has 28 heavy (non-hydrogen) atoms. The lowest BCUT2D eigenvalue weighted by molar-refractivity contribution is 0.0599. The Hall–Kier alpha value is -3.42. The van der Waals surface area contributed by atoms with E-state index in [2.05, 4.69) is 20.4 Å². The molecule has 0 bridgehead atoms. The summed E-state index contributed by atoms with van der Waals surface area (Å²) >= 11 is 0. The lowest BCUT2D eigenvalue weighted by Gasteiger charge is -2.15. The Balaban J connectivity index is 1.77. The van der Waals surface area contributed by atoms with Crippen LogP contribution in [0.2, 0.25) is 0 Å². The van der Waals surface area contributed by atoms with Crippen LogP contribution in [0.4, 0.5) is 0 Å². The van der Waals surface area contributed by atoms with Crippen molar-refractivity contribution in [1.29, 1.82) is 0 Å². The zero-order valence-corrected chi connectivity index (χ0v) is 16.3. The molecule has 1 aromatic carbocycles. The highest BCUT2D eigenvalue weighted by molar-refractivity contribution is 6.00. The van der Waals surface area contributed by atoms with Gasteiger partial charge < -0.3 is 15.0 Å². The zero-order chi connectivity index (χ0) is 20.3. The molecule has 0 spiro atoms. The van der Waals surface area contributed by atoms with Crippen LogP contribution < -0.4 is 5.32 Å². The van der Waals surface area contributed by atoms with Crippen molar-refractivity contribution in [1.82, 2.24) is 25.1 Å². The highest BCUT2D eigenvalue weighted by atomic mass is 16.5. The molecule has 146 valence electrons. The van der Waals surface area contributed by atoms with Gasteiger partial charge in [-0.05, 0) is 43.5 Å². The predicted molar refractivity (Wildman–Crippen MR) is 103 cm³/mol. The number of rotatable bonds is 6. The van der Waals surface area contributed by atoms with Gasteiger partial charge in [-0.15, -0.1) is 0 Å². The Morgan fingerprint density at radius 2 is 2.00 bits per heavy atom. The highest BCUT2D eigenvalue weighted by Gasteiger charge is 2.24. The second-order valence-corrected chi connectivity index (χ2v) is 6.45. The number of hydrogen-bond acceptors (Lipinski definition) is 5. The molecule has 1 unspecified atom stereocenters. The molecular weight excluding hydrogens is 358 g/mol. The van der Waals surface area contributed by atoms with Crippen molar-refractivity contribution in [2.75, 3.05) is 7.11 Å². The second-order valence-electron chi connectivity index (χ2n) is 6.45. The van der Waals surface area contributed by atoms with Crippen LogP contribution in [0, 0.1) is 6.92 Å². The number of esters is 1. The van der Waals surface area contributed by atoms with E-state index in [0.717, 1.165) is 11.3 Å². The predicted octanol–water partition coefficient (Wildman–Crippen LogP) is 2.74. The summed E-state index contributed by atoms with van der Waals surface area (Å²) in [6.45, 7) is 5.57. The van der Waals surface area contributed by atoms with Crippen molar-refractivity contribution in [3.05, 3.63) is 65.0 Å². The maximum Gasteiger partial charge on any atom is 0.339 e. The van der Waals surface area contributed by atoms with Crippen LogP contribution in [0.25, 0.3) is 5.69 Å². The van der Waals surface area contributed by atoms with E-state index in [1.807, 2.05) is 38.1 Å². The van der Waals surface area contributed by atoms with Gasteiger partial charge >= 0.3 is 5.97 Å². The van der Waals surface area contributed by atoms with Gasteiger partial charge in [-0.3, -0.25) is 4.79 Å². The first kappa shape index (κ1) is 19.3. The molecule has 3 rings (SSSR count). The molecule has 0 aliphatic heterocycles. The van der Waals surface area contributed by atoms with Crippen molar-refractivity contribution >= 4 is 11.9 Å². The van der Waals surface area contributed by atoms with Gasteiger partial charge in [0, 0.05) is 5.69 Å². The van der Waals surface area contributed by atoms with Crippen molar-refractivity contribution in [2.45, 2.75) is 33.2 Å². The SMILES string of the molecule is CCc1[nH]c(C(=O)NC(C)c2ccc(-n3cncn3)cc2)c(C)c1C(=O)OC. The lowest BCUT2D eigenvalue weighted by Crippen LogP contribution is -2.27. The molecule has 0 radical (unpaired) electrons. The van der Waals surface area contributed by atoms with E-state index in [1.54, 1.807) is 17.9 Å². The molecule has 0 aliphatic carbocycles. The first-order chi connectivity index (χ1) is 13.5. The topological polar surface area (TPSA) is 102 Å². The fraction of sp³-hybridized carbons (Fsp3) is 0.300. The monoisotopic (exact) mass is 381 g/mol. The van der Waals surface area contributed by atoms with Gasteiger partial charge in [-0.25, -0.2) is 14.5 Å². The molecule has 0 aliphatic rings. The summed E-state index contributed by atoms with van der Waals surface area (Å²) in [5.74, 6) is -0.711. The lowest BCUT2D eigenvalue weighted by atomic mass is 10.1. The Morgan fingerprint density at radius 3 is 2.57 bits per heavy atom. The molecule has 2 N–H and O–H groups in total. The fourth-order valence-electron chi connectivity index (χ4n) is 3.14. The molecule has 8 nitrogen and oxygen atoms in total. The summed E-state index contributed by atoms with van der Waals surface area (Å²) in [5.41, 5.74) is 3.93. The van der Waals surface area contributed by atoms with E-state index >= 15 is 0 Å². The smallest absolute Gasteiger partial charge is 0.339 e. The number of carbonyl (C=O) groups is 2. The van der Waals surface area contributed by atoms with E-state index in [0.29, 0.717) is 28.9 Å². The van der Waals surface area contributed by atoms with Crippen molar-refractivity contribution < 1.29 is 14.3 Å². The van der Waals surface area contributed by atoms with E-state index < -0.39 is 5.97 Å². The van der Waals surface area contributed by atoms with E-state index in [-0.39, 0.29) is 11.9 Å². The summed E-state index contributed by atoms with van der Waals surface area (Å²) in [6.07, 6.45) is 3.69. The number of methoxy groups -OCH3 is 1. The van der Waals surface area contributed by atoms with Crippen LogP contribution in [0.3, 0.4) is 0 Å². The van der Waals surface area contributed by atoms with Crippen LogP contribution in [-0.2, 0) is 11.2 Å². The number of hydrogen-bond donors (Lipinski definition) is 2. The molecule has 2 aromatic heterocycles. The third kappa shape index (κ3) is 3.66. The maximum atomic E-state index is 12.8. The van der Waals surface area contributed by atoms with Gasteiger partial charge in [-0.1, -0.05) is 19.1 Å². The van der Waals surface area contributed by atoms with Gasteiger partial charge in [0.05, 0.1) is 24.4 Å². The average molecular weight is 381 g/mol. The summed E-state index contributed by atoms with van der Waals surface area (Å²) in [7, 11) is 1.33. The first-order valence-electron chi connectivity index (χ1n) is 9.01. The standard InChI is InChI=1S/C20H23N5O3/c1-5-16-17(20(27)28-4)12(2)18(24-16)19(26)23-13(3)14-6-8-15(9-7-14)25-11-21-10-22-25/h6-11,13,24H,5H2,1-4H3,(H,23,26). The normalized spacial score (nSPS) is 11.9. The summed E-state index contributed by atoms with van der Waals surface area (Å²) in [4.78, 5) is 31.8. The van der Waals surface area contributed by atoms with Crippen LogP contribution in [0.15, 0.2) is 36.9 Å². The Kier molecular flexibility index (Phi) is 5.58. The number of aromatic nitrogens is 4. The average Bonchev–Trinajstić information content (AvgIpc) is 3.35. The number of nitrogens with zero attached hydrogens (tertiary/aromatic N) is 3. The number of benzene rings is 1. The van der Waals surface area contributed by atoms with Crippen LogP contribution in [0.1, 0.15) is 57.6 Å². The Bertz CT molecular complexity index is 974. The number of aromatic amines is 1.